The van der Waals surface area contributed by atoms with Gasteiger partial charge < -0.3 is 5.32 Å². The highest BCUT2D eigenvalue weighted by Crippen LogP contribution is 2.43. The summed E-state index contributed by atoms with van der Waals surface area (Å²) in [5.74, 6) is 2.44. The second kappa shape index (κ2) is 8.84. The van der Waals surface area contributed by atoms with E-state index < -0.39 is 0 Å². The lowest BCUT2D eigenvalue weighted by Crippen LogP contribution is -2.25. The zero-order valence-corrected chi connectivity index (χ0v) is 15.7. The molecule has 1 heterocycles. The number of carbonyl (C=O) groups is 1. The first-order valence-corrected chi connectivity index (χ1v) is 10.6. The minimum absolute atomic E-state index is 0.0144. The lowest BCUT2D eigenvalue weighted by Gasteiger charge is -2.21. The Morgan fingerprint density at radius 1 is 1.04 bits per heavy atom. The molecule has 2 aromatic rings. The van der Waals surface area contributed by atoms with Gasteiger partial charge in [0.15, 0.2) is 0 Å². The third kappa shape index (κ3) is 4.95. The molecule has 3 rings (SSSR count). The van der Waals surface area contributed by atoms with Crippen LogP contribution in [0.4, 0.5) is 0 Å². The maximum atomic E-state index is 12.2. The Hall–Kier alpha value is -1.10. The van der Waals surface area contributed by atoms with Crippen molar-refractivity contribution in [3.05, 3.63) is 70.2 Å². The highest BCUT2D eigenvalue weighted by Gasteiger charge is 2.16. The van der Waals surface area contributed by atoms with Gasteiger partial charge in [-0.3, -0.25) is 4.79 Å². The molecule has 0 aliphatic carbocycles. The van der Waals surface area contributed by atoms with Gasteiger partial charge in [0.25, 0.3) is 5.91 Å². The van der Waals surface area contributed by atoms with Crippen LogP contribution in [0.25, 0.3) is 0 Å². The lowest BCUT2D eigenvalue weighted by atomic mass is 10.1. The summed E-state index contributed by atoms with van der Waals surface area (Å²) >= 11 is 9.86. The van der Waals surface area contributed by atoms with Gasteiger partial charge in [0.05, 0.1) is 4.58 Å². The van der Waals surface area contributed by atoms with Crippen molar-refractivity contribution in [2.75, 3.05) is 18.1 Å². The molecule has 126 valence electrons. The summed E-state index contributed by atoms with van der Waals surface area (Å²) in [5, 5.41) is 3.71. The fraction of sp³-hybridized carbons (Fsp3) is 0.316. The molecule has 0 saturated carbocycles. The van der Waals surface area contributed by atoms with Crippen molar-refractivity contribution in [3.8, 4) is 0 Å². The minimum Gasteiger partial charge on any atom is -0.352 e. The highest BCUT2D eigenvalue weighted by molar-refractivity contribution is 8.16. The average molecular weight is 378 g/mol. The Balaban J connectivity index is 1.50. The van der Waals surface area contributed by atoms with Crippen LogP contribution in [0.5, 0.6) is 0 Å². The lowest BCUT2D eigenvalue weighted by molar-refractivity contribution is 0.0954. The van der Waals surface area contributed by atoms with Crippen LogP contribution >= 0.6 is 35.1 Å². The summed E-state index contributed by atoms with van der Waals surface area (Å²) < 4.78 is 0.515. The van der Waals surface area contributed by atoms with Crippen LogP contribution < -0.4 is 5.32 Å². The average Bonchev–Trinajstić information content (AvgIpc) is 2.64. The number of thioether (sulfide) groups is 2. The second-order valence-electron chi connectivity index (χ2n) is 5.68. The van der Waals surface area contributed by atoms with Crippen molar-refractivity contribution in [1.29, 1.82) is 0 Å². The molecule has 0 aromatic heterocycles. The van der Waals surface area contributed by atoms with E-state index in [2.05, 4.69) is 17.4 Å². The molecule has 1 aliphatic rings. The van der Waals surface area contributed by atoms with E-state index in [0.717, 1.165) is 17.0 Å². The van der Waals surface area contributed by atoms with Crippen LogP contribution in [0.2, 0.25) is 5.02 Å². The maximum absolute atomic E-state index is 12.2. The first-order valence-electron chi connectivity index (χ1n) is 8.08. The van der Waals surface area contributed by atoms with Gasteiger partial charge in [-0.05, 0) is 59.7 Å². The number of hydrogen-bond donors (Lipinski definition) is 1. The standard InChI is InChI=1S/C19H20ClNOS2/c20-17-8-2-14(3-9-17)10-11-21-18(22)15-4-6-16(7-5-15)19-23-12-1-13-24-19/h2-9,19H,1,10-13H2,(H,21,22). The summed E-state index contributed by atoms with van der Waals surface area (Å²) in [6.07, 6.45) is 2.09. The van der Waals surface area contributed by atoms with E-state index in [0.29, 0.717) is 11.1 Å². The molecular formula is C19H20ClNOS2. The molecule has 5 heteroatoms. The number of benzene rings is 2. The molecule has 0 atom stereocenters. The molecule has 2 nitrogen and oxygen atoms in total. The minimum atomic E-state index is -0.0144. The number of rotatable bonds is 5. The van der Waals surface area contributed by atoms with E-state index in [1.165, 1.54) is 29.1 Å². The summed E-state index contributed by atoms with van der Waals surface area (Å²) in [5.41, 5.74) is 3.20. The maximum Gasteiger partial charge on any atom is 0.251 e. The predicted octanol–water partition coefficient (Wildman–Crippen LogP) is 5.18. The summed E-state index contributed by atoms with van der Waals surface area (Å²) in [6.45, 7) is 0.622. The van der Waals surface area contributed by atoms with Crippen LogP contribution in [-0.4, -0.2) is 24.0 Å². The largest absolute Gasteiger partial charge is 0.352 e. The van der Waals surface area contributed by atoms with Gasteiger partial charge in [0.1, 0.15) is 0 Å². The Morgan fingerprint density at radius 2 is 1.71 bits per heavy atom. The number of halogens is 1. The molecule has 24 heavy (non-hydrogen) atoms. The van der Waals surface area contributed by atoms with Crippen LogP contribution in [0.1, 0.15) is 32.5 Å². The Bertz CT molecular complexity index is 667. The summed E-state index contributed by atoms with van der Waals surface area (Å²) in [7, 11) is 0. The molecular weight excluding hydrogens is 358 g/mol. The van der Waals surface area contributed by atoms with E-state index in [4.69, 9.17) is 11.6 Å². The fourth-order valence-electron chi connectivity index (χ4n) is 2.55. The Labute approximate surface area is 156 Å². The van der Waals surface area contributed by atoms with E-state index in [1.54, 1.807) is 0 Å². The molecule has 2 aromatic carbocycles. The first kappa shape index (κ1) is 17.7. The molecule has 1 N–H and O–H groups in total. The van der Waals surface area contributed by atoms with Crippen molar-refractivity contribution >= 4 is 41.0 Å². The monoisotopic (exact) mass is 377 g/mol. The fourth-order valence-corrected chi connectivity index (χ4v) is 5.57. The van der Waals surface area contributed by atoms with Gasteiger partial charge in [-0.2, -0.15) is 0 Å². The first-order chi connectivity index (χ1) is 11.7. The van der Waals surface area contributed by atoms with E-state index >= 15 is 0 Å². The molecule has 0 radical (unpaired) electrons. The summed E-state index contributed by atoms with van der Waals surface area (Å²) in [4.78, 5) is 12.2. The van der Waals surface area contributed by atoms with Gasteiger partial charge in [-0.1, -0.05) is 35.9 Å². The van der Waals surface area contributed by atoms with Gasteiger partial charge in [0, 0.05) is 17.1 Å². The zero-order chi connectivity index (χ0) is 16.8. The third-order valence-electron chi connectivity index (χ3n) is 3.88. The number of amides is 1. The predicted molar refractivity (Wildman–Crippen MR) is 106 cm³/mol. The molecule has 1 aliphatic heterocycles. The molecule has 0 spiro atoms. The van der Waals surface area contributed by atoms with Gasteiger partial charge >= 0.3 is 0 Å². The highest BCUT2D eigenvalue weighted by atomic mass is 35.5. The molecule has 1 fully saturated rings. The van der Waals surface area contributed by atoms with Crippen molar-refractivity contribution in [2.45, 2.75) is 17.4 Å². The van der Waals surface area contributed by atoms with Crippen molar-refractivity contribution in [2.24, 2.45) is 0 Å². The molecule has 0 unspecified atom stereocenters. The molecule has 1 amide bonds. The number of hydrogen-bond acceptors (Lipinski definition) is 3. The summed E-state index contributed by atoms with van der Waals surface area (Å²) in [6, 6.07) is 15.8. The SMILES string of the molecule is O=C(NCCc1ccc(Cl)cc1)c1ccc(C2SCCCS2)cc1. The second-order valence-corrected chi connectivity index (χ2v) is 8.84. The zero-order valence-electron chi connectivity index (χ0n) is 13.3. The quantitative estimate of drug-likeness (QED) is 0.778. The molecule has 1 saturated heterocycles. The Kier molecular flexibility index (Phi) is 6.52. The topological polar surface area (TPSA) is 29.1 Å². The van der Waals surface area contributed by atoms with Gasteiger partial charge in [-0.25, -0.2) is 0 Å². The Morgan fingerprint density at radius 3 is 2.38 bits per heavy atom. The van der Waals surface area contributed by atoms with Crippen LogP contribution in [0.3, 0.4) is 0 Å². The van der Waals surface area contributed by atoms with Crippen molar-refractivity contribution < 1.29 is 4.79 Å². The van der Waals surface area contributed by atoms with E-state index in [9.17, 15) is 4.79 Å². The molecule has 0 bridgehead atoms. The van der Waals surface area contributed by atoms with Crippen molar-refractivity contribution in [1.82, 2.24) is 5.32 Å². The number of carbonyl (C=O) groups excluding carboxylic acids is 1. The van der Waals surface area contributed by atoms with Crippen LogP contribution in [-0.2, 0) is 6.42 Å². The number of nitrogens with one attached hydrogen (secondary N) is 1. The van der Waals surface area contributed by atoms with Gasteiger partial charge in [-0.15, -0.1) is 23.5 Å². The van der Waals surface area contributed by atoms with E-state index in [-0.39, 0.29) is 5.91 Å². The normalized spacial score (nSPS) is 15.2. The van der Waals surface area contributed by atoms with Gasteiger partial charge in [0.2, 0.25) is 0 Å². The van der Waals surface area contributed by atoms with Crippen LogP contribution in [0.15, 0.2) is 48.5 Å². The van der Waals surface area contributed by atoms with Crippen molar-refractivity contribution in [3.63, 3.8) is 0 Å². The third-order valence-corrected chi connectivity index (χ3v) is 7.15. The van der Waals surface area contributed by atoms with E-state index in [1.807, 2.05) is 59.9 Å². The van der Waals surface area contributed by atoms with Crippen LogP contribution in [0, 0.1) is 0 Å². The smallest absolute Gasteiger partial charge is 0.251 e.